The largest absolute Gasteiger partial charge is 0.417 e. The third-order valence-electron chi connectivity index (χ3n) is 3.82. The van der Waals surface area contributed by atoms with Crippen LogP contribution < -0.4 is 0 Å². The molecule has 0 atom stereocenters. The summed E-state index contributed by atoms with van der Waals surface area (Å²) in [6.07, 6.45) is 5.01. The minimum atomic E-state index is -0.639. The van der Waals surface area contributed by atoms with Gasteiger partial charge in [0.15, 0.2) is 5.69 Å². The third-order valence-corrected chi connectivity index (χ3v) is 4.00. The maximum atomic E-state index is 11.7. The lowest BCUT2D eigenvalue weighted by molar-refractivity contribution is 0.107. The Kier molecular flexibility index (Phi) is 4.63. The molecule has 0 radical (unpaired) electrons. The van der Waals surface area contributed by atoms with Crippen LogP contribution in [0.25, 0.3) is 29.3 Å². The Morgan fingerprint density at radius 3 is 2.37 bits per heavy atom. The van der Waals surface area contributed by atoms with Gasteiger partial charge in [-0.1, -0.05) is 36.4 Å². The summed E-state index contributed by atoms with van der Waals surface area (Å²) in [5.74, 6) is 0.734. The van der Waals surface area contributed by atoms with Crippen LogP contribution in [-0.4, -0.2) is 25.2 Å². The van der Waals surface area contributed by atoms with E-state index in [4.69, 9.17) is 16.0 Å². The minimum absolute atomic E-state index is 0.152. The fourth-order valence-electron chi connectivity index (χ4n) is 2.54. The quantitative estimate of drug-likeness (QED) is 0.480. The van der Waals surface area contributed by atoms with E-state index in [9.17, 15) is 4.79 Å². The Bertz CT molecular complexity index is 1100. The molecule has 27 heavy (non-hydrogen) atoms. The molecule has 0 spiro atoms. The Balaban J connectivity index is 1.63. The summed E-state index contributed by atoms with van der Waals surface area (Å²) in [6, 6.07) is 18.9. The van der Waals surface area contributed by atoms with Crippen LogP contribution in [0.4, 0.5) is 0 Å². The number of rotatable bonds is 5. The Hall–Kier alpha value is -3.51. The zero-order valence-electron chi connectivity index (χ0n) is 14.0. The second-order valence-corrected chi connectivity index (χ2v) is 5.97. The van der Waals surface area contributed by atoms with Gasteiger partial charge >= 0.3 is 0 Å². The van der Waals surface area contributed by atoms with Crippen LogP contribution in [0.15, 0.2) is 71.3 Å². The van der Waals surface area contributed by atoms with E-state index in [1.54, 1.807) is 23.0 Å². The maximum Gasteiger partial charge on any atom is 0.273 e. The van der Waals surface area contributed by atoms with Crippen molar-refractivity contribution in [1.82, 2.24) is 20.0 Å². The summed E-state index contributed by atoms with van der Waals surface area (Å²) < 4.78 is 7.22. The van der Waals surface area contributed by atoms with E-state index in [1.165, 1.54) is 0 Å². The average molecular weight is 377 g/mol. The first-order chi connectivity index (χ1) is 13.2. The molecular formula is C20H13ClN4O2. The van der Waals surface area contributed by atoms with Crippen molar-refractivity contribution in [3.8, 4) is 17.1 Å². The van der Waals surface area contributed by atoms with Crippen LogP contribution in [0, 0.1) is 0 Å². The molecule has 2 aromatic heterocycles. The second-order valence-electron chi connectivity index (χ2n) is 5.63. The van der Waals surface area contributed by atoms with Crippen LogP contribution >= 0.6 is 11.6 Å². The van der Waals surface area contributed by atoms with Gasteiger partial charge in [-0.3, -0.25) is 4.79 Å². The van der Waals surface area contributed by atoms with Gasteiger partial charge in [-0.05, 0) is 41.9 Å². The lowest BCUT2D eigenvalue weighted by Gasteiger charge is -1.98. The van der Waals surface area contributed by atoms with Gasteiger partial charge in [-0.15, -0.1) is 10.2 Å². The van der Waals surface area contributed by atoms with Crippen molar-refractivity contribution in [2.45, 2.75) is 0 Å². The number of aromatic nitrogens is 4. The molecule has 0 amide bonds. The van der Waals surface area contributed by atoms with E-state index >= 15 is 0 Å². The van der Waals surface area contributed by atoms with Gasteiger partial charge in [-0.2, -0.15) is 5.10 Å². The van der Waals surface area contributed by atoms with E-state index in [2.05, 4.69) is 15.3 Å². The molecule has 0 bridgehead atoms. The summed E-state index contributed by atoms with van der Waals surface area (Å²) in [4.78, 5) is 11.7. The van der Waals surface area contributed by atoms with Gasteiger partial charge in [-0.25, -0.2) is 4.68 Å². The zero-order valence-corrected chi connectivity index (χ0v) is 14.7. The zero-order chi connectivity index (χ0) is 18.6. The Morgan fingerprint density at radius 1 is 0.963 bits per heavy atom. The summed E-state index contributed by atoms with van der Waals surface area (Å²) in [6.45, 7) is 0. The summed E-state index contributed by atoms with van der Waals surface area (Å²) >= 11 is 5.67. The van der Waals surface area contributed by atoms with Crippen molar-refractivity contribution in [2.24, 2.45) is 0 Å². The molecule has 2 aromatic carbocycles. The molecule has 7 heteroatoms. The molecule has 6 nitrogen and oxygen atoms in total. The Labute approximate surface area is 159 Å². The van der Waals surface area contributed by atoms with Crippen LogP contribution in [0.5, 0.6) is 0 Å². The molecule has 0 saturated heterocycles. The van der Waals surface area contributed by atoms with Gasteiger partial charge < -0.3 is 4.42 Å². The van der Waals surface area contributed by atoms with Gasteiger partial charge in [0.2, 0.25) is 11.8 Å². The maximum absolute atomic E-state index is 11.7. The molecule has 2 heterocycles. The van der Waals surface area contributed by atoms with Gasteiger partial charge in [0.1, 0.15) is 0 Å². The minimum Gasteiger partial charge on any atom is -0.417 e. The van der Waals surface area contributed by atoms with Crippen LogP contribution in [-0.2, 0) is 0 Å². The molecule has 0 saturated carbocycles. The molecule has 4 aromatic rings. The normalized spacial score (nSPS) is 11.1. The number of nitrogens with zero attached hydrogens (tertiary/aromatic N) is 4. The molecule has 0 aliphatic heterocycles. The van der Waals surface area contributed by atoms with Crippen molar-refractivity contribution in [1.29, 1.82) is 0 Å². The third kappa shape index (κ3) is 3.70. The number of carbonyl (C=O) groups excluding carboxylic acids is 1. The van der Waals surface area contributed by atoms with E-state index in [1.807, 2.05) is 60.7 Å². The fraction of sp³-hybridized carbons (Fsp3) is 0. The number of benzene rings is 2. The predicted octanol–water partition coefficient (Wildman–Crippen LogP) is 4.47. The molecular weight excluding hydrogens is 364 g/mol. The predicted molar refractivity (Wildman–Crippen MR) is 102 cm³/mol. The average Bonchev–Trinajstić information content (AvgIpc) is 3.35. The first-order valence-corrected chi connectivity index (χ1v) is 8.50. The smallest absolute Gasteiger partial charge is 0.273 e. The number of hydrogen-bond acceptors (Lipinski definition) is 5. The standard InChI is InChI=1S/C20H13ClN4O2/c21-19(26)18-15(13-25(24-18)16-9-5-2-6-10-16)11-12-17-22-23-20(27-17)14-7-3-1-4-8-14/h1-13H/b12-11+. The van der Waals surface area contributed by atoms with Crippen molar-refractivity contribution < 1.29 is 9.21 Å². The molecule has 0 aliphatic rings. The molecule has 0 aliphatic carbocycles. The number of halogens is 1. The van der Waals surface area contributed by atoms with E-state index < -0.39 is 5.24 Å². The van der Waals surface area contributed by atoms with Crippen molar-refractivity contribution >= 4 is 29.0 Å². The topological polar surface area (TPSA) is 73.8 Å². The first kappa shape index (κ1) is 16.9. The van der Waals surface area contributed by atoms with Crippen molar-refractivity contribution in [3.63, 3.8) is 0 Å². The highest BCUT2D eigenvalue weighted by atomic mass is 35.5. The fourth-order valence-corrected chi connectivity index (χ4v) is 2.68. The SMILES string of the molecule is O=C(Cl)c1nn(-c2ccccc2)cc1/C=C/c1nnc(-c2ccccc2)o1. The number of hydrogen-bond donors (Lipinski definition) is 0. The lowest BCUT2D eigenvalue weighted by Crippen LogP contribution is -1.97. The van der Waals surface area contributed by atoms with Crippen LogP contribution in [0.2, 0.25) is 0 Å². The molecule has 0 fully saturated rings. The highest BCUT2D eigenvalue weighted by molar-refractivity contribution is 6.67. The summed E-state index contributed by atoms with van der Waals surface area (Å²) in [5.41, 5.74) is 2.36. The van der Waals surface area contributed by atoms with E-state index in [0.29, 0.717) is 17.3 Å². The summed E-state index contributed by atoms with van der Waals surface area (Å²) in [7, 11) is 0. The number of para-hydroxylation sites is 1. The van der Waals surface area contributed by atoms with Crippen LogP contribution in [0.1, 0.15) is 21.9 Å². The highest BCUT2D eigenvalue weighted by Gasteiger charge is 2.14. The van der Waals surface area contributed by atoms with E-state index in [0.717, 1.165) is 11.3 Å². The number of carbonyl (C=O) groups is 1. The van der Waals surface area contributed by atoms with Gasteiger partial charge in [0.05, 0.1) is 5.69 Å². The van der Waals surface area contributed by atoms with Crippen LogP contribution in [0.3, 0.4) is 0 Å². The molecule has 0 unspecified atom stereocenters. The molecule has 132 valence electrons. The molecule has 4 rings (SSSR count). The lowest BCUT2D eigenvalue weighted by atomic mass is 10.2. The van der Waals surface area contributed by atoms with E-state index in [-0.39, 0.29) is 5.69 Å². The van der Waals surface area contributed by atoms with Gasteiger partial charge in [0.25, 0.3) is 5.24 Å². The van der Waals surface area contributed by atoms with Crippen molar-refractivity contribution in [3.05, 3.63) is 84.0 Å². The van der Waals surface area contributed by atoms with Crippen molar-refractivity contribution in [2.75, 3.05) is 0 Å². The molecule has 0 N–H and O–H groups in total. The Morgan fingerprint density at radius 2 is 1.67 bits per heavy atom. The first-order valence-electron chi connectivity index (χ1n) is 8.12. The monoisotopic (exact) mass is 376 g/mol. The second kappa shape index (κ2) is 7.39. The van der Waals surface area contributed by atoms with Gasteiger partial charge in [0, 0.05) is 23.4 Å². The summed E-state index contributed by atoms with van der Waals surface area (Å²) in [5, 5.41) is 11.6. The highest BCUT2D eigenvalue weighted by Crippen LogP contribution is 2.20.